The van der Waals surface area contributed by atoms with Gasteiger partial charge in [0.2, 0.25) is 0 Å². The van der Waals surface area contributed by atoms with E-state index in [-0.39, 0.29) is 21.4 Å². The Morgan fingerprint density at radius 2 is 1.85 bits per heavy atom. The van der Waals surface area contributed by atoms with Crippen LogP contribution >= 0.6 is 23.4 Å². The molecule has 0 aliphatic carbocycles. The van der Waals surface area contributed by atoms with Crippen molar-refractivity contribution in [1.82, 2.24) is 9.55 Å². The summed E-state index contributed by atoms with van der Waals surface area (Å²) in [5.74, 6) is -0.0231. The molecule has 6 heteroatoms. The van der Waals surface area contributed by atoms with E-state index in [0.29, 0.717) is 12.1 Å². The van der Waals surface area contributed by atoms with Gasteiger partial charge in [-0.25, -0.2) is 4.79 Å². The lowest BCUT2D eigenvalue weighted by atomic mass is 10.0. The van der Waals surface area contributed by atoms with Crippen molar-refractivity contribution in [2.45, 2.75) is 57.7 Å². The fourth-order valence-electron chi connectivity index (χ4n) is 2.32. The van der Waals surface area contributed by atoms with Crippen LogP contribution < -0.4 is 11.2 Å². The van der Waals surface area contributed by atoms with Crippen LogP contribution in [-0.4, -0.2) is 20.6 Å². The highest BCUT2D eigenvalue weighted by Crippen LogP contribution is 2.31. The van der Waals surface area contributed by atoms with E-state index in [0.717, 1.165) is 12.8 Å². The SMILES string of the molecule is CCC(CC)(Cn1c(=O)[nH]c(Cl)c(C(C)C)c1=O)SC. The van der Waals surface area contributed by atoms with Gasteiger partial charge in [-0.2, -0.15) is 11.8 Å². The molecular formula is C14H23ClN2O2S. The van der Waals surface area contributed by atoms with E-state index in [9.17, 15) is 9.59 Å². The van der Waals surface area contributed by atoms with Crippen molar-refractivity contribution in [3.63, 3.8) is 0 Å². The Morgan fingerprint density at radius 3 is 2.25 bits per heavy atom. The minimum atomic E-state index is -0.426. The molecule has 0 saturated heterocycles. The summed E-state index contributed by atoms with van der Waals surface area (Å²) in [6.07, 6.45) is 3.82. The van der Waals surface area contributed by atoms with Gasteiger partial charge in [-0.1, -0.05) is 39.3 Å². The topological polar surface area (TPSA) is 54.9 Å². The quantitative estimate of drug-likeness (QED) is 0.819. The lowest BCUT2D eigenvalue weighted by Crippen LogP contribution is -2.44. The maximum Gasteiger partial charge on any atom is 0.329 e. The van der Waals surface area contributed by atoms with Gasteiger partial charge in [-0.3, -0.25) is 14.3 Å². The monoisotopic (exact) mass is 318 g/mol. The number of aromatic amines is 1. The number of hydrogen-bond acceptors (Lipinski definition) is 3. The van der Waals surface area contributed by atoms with Crippen molar-refractivity contribution >= 4 is 23.4 Å². The molecular weight excluding hydrogens is 296 g/mol. The summed E-state index contributed by atoms with van der Waals surface area (Å²) in [5, 5.41) is 0.161. The average molecular weight is 319 g/mol. The fourth-order valence-corrected chi connectivity index (χ4v) is 3.53. The zero-order chi connectivity index (χ0) is 15.5. The number of hydrogen-bond donors (Lipinski definition) is 1. The van der Waals surface area contributed by atoms with Crippen LogP contribution in [0.15, 0.2) is 9.59 Å². The number of halogens is 1. The molecule has 4 nitrogen and oxygen atoms in total. The Kier molecular flexibility index (Phi) is 5.95. The highest BCUT2D eigenvalue weighted by atomic mass is 35.5. The largest absolute Gasteiger partial charge is 0.329 e. The van der Waals surface area contributed by atoms with E-state index < -0.39 is 5.69 Å². The van der Waals surface area contributed by atoms with Crippen LogP contribution in [0.1, 0.15) is 52.0 Å². The third kappa shape index (κ3) is 3.31. The van der Waals surface area contributed by atoms with Crippen LogP contribution in [-0.2, 0) is 6.54 Å². The first-order valence-corrected chi connectivity index (χ1v) is 8.49. The van der Waals surface area contributed by atoms with E-state index in [1.54, 1.807) is 11.8 Å². The van der Waals surface area contributed by atoms with Crippen LogP contribution in [0.2, 0.25) is 5.15 Å². The maximum atomic E-state index is 12.5. The molecule has 0 saturated carbocycles. The molecule has 20 heavy (non-hydrogen) atoms. The molecule has 0 spiro atoms. The molecule has 0 radical (unpaired) electrons. The van der Waals surface area contributed by atoms with Crippen LogP contribution in [0, 0.1) is 0 Å². The van der Waals surface area contributed by atoms with Crippen molar-refractivity contribution in [2.24, 2.45) is 0 Å². The molecule has 0 bridgehead atoms. The van der Waals surface area contributed by atoms with Crippen LogP contribution in [0.25, 0.3) is 0 Å². The molecule has 1 heterocycles. The number of H-pyrrole nitrogens is 1. The van der Waals surface area contributed by atoms with Gasteiger partial charge in [0.1, 0.15) is 5.15 Å². The Bertz CT molecular complexity index is 565. The summed E-state index contributed by atoms with van der Waals surface area (Å²) >= 11 is 7.70. The van der Waals surface area contributed by atoms with Crippen LogP contribution in [0.3, 0.4) is 0 Å². The lowest BCUT2D eigenvalue weighted by molar-refractivity contribution is 0.443. The summed E-state index contributed by atoms with van der Waals surface area (Å²) in [7, 11) is 0. The molecule has 0 aliphatic rings. The number of aromatic nitrogens is 2. The van der Waals surface area contributed by atoms with E-state index in [2.05, 4.69) is 18.8 Å². The molecule has 114 valence electrons. The first-order chi connectivity index (χ1) is 9.31. The minimum Gasteiger partial charge on any atom is -0.297 e. The summed E-state index contributed by atoms with van der Waals surface area (Å²) in [6, 6.07) is 0. The smallest absolute Gasteiger partial charge is 0.297 e. The molecule has 1 rings (SSSR count). The summed E-state index contributed by atoms with van der Waals surface area (Å²) in [6.45, 7) is 8.36. The normalized spacial score (nSPS) is 12.2. The van der Waals surface area contributed by atoms with Gasteiger partial charge >= 0.3 is 5.69 Å². The second kappa shape index (κ2) is 6.85. The van der Waals surface area contributed by atoms with E-state index >= 15 is 0 Å². The standard InChI is InChI=1S/C14H23ClN2O2S/c1-6-14(7-2,20-5)8-17-12(18)10(9(3)4)11(15)16-13(17)19/h9H,6-8H2,1-5H3,(H,16,19). The summed E-state index contributed by atoms with van der Waals surface area (Å²) in [5.41, 5.74) is -0.215. The predicted molar refractivity (Wildman–Crippen MR) is 87.2 cm³/mol. The zero-order valence-corrected chi connectivity index (χ0v) is 14.3. The van der Waals surface area contributed by atoms with Crippen molar-refractivity contribution < 1.29 is 0 Å². The zero-order valence-electron chi connectivity index (χ0n) is 12.7. The van der Waals surface area contributed by atoms with Gasteiger partial charge in [-0.05, 0) is 25.0 Å². The van der Waals surface area contributed by atoms with Gasteiger partial charge < -0.3 is 0 Å². The van der Waals surface area contributed by atoms with Crippen molar-refractivity contribution in [1.29, 1.82) is 0 Å². The number of nitrogens with zero attached hydrogens (tertiary/aromatic N) is 1. The average Bonchev–Trinajstić information content (AvgIpc) is 2.39. The second-order valence-electron chi connectivity index (χ2n) is 5.30. The predicted octanol–water partition coefficient (Wildman–Crippen LogP) is 3.24. The van der Waals surface area contributed by atoms with E-state index in [1.165, 1.54) is 4.57 Å². The fraction of sp³-hybridized carbons (Fsp3) is 0.714. The molecule has 1 aromatic rings. The van der Waals surface area contributed by atoms with Gasteiger partial charge in [0.05, 0.1) is 5.56 Å². The Labute approximate surface area is 128 Å². The highest BCUT2D eigenvalue weighted by Gasteiger charge is 2.28. The van der Waals surface area contributed by atoms with Gasteiger partial charge in [0.15, 0.2) is 0 Å². The Hall–Kier alpha value is -0.680. The number of thioether (sulfide) groups is 1. The minimum absolute atomic E-state index is 0.0231. The van der Waals surface area contributed by atoms with Crippen LogP contribution in [0.5, 0.6) is 0 Å². The molecule has 1 aromatic heterocycles. The summed E-state index contributed by atoms with van der Waals surface area (Å²) in [4.78, 5) is 27.2. The highest BCUT2D eigenvalue weighted by molar-refractivity contribution is 8.00. The van der Waals surface area contributed by atoms with E-state index in [4.69, 9.17) is 11.6 Å². The third-order valence-corrected chi connectivity index (χ3v) is 5.79. The maximum absolute atomic E-state index is 12.5. The number of rotatable bonds is 6. The van der Waals surface area contributed by atoms with Crippen LogP contribution in [0.4, 0.5) is 0 Å². The first kappa shape index (κ1) is 17.4. The first-order valence-electron chi connectivity index (χ1n) is 6.89. The van der Waals surface area contributed by atoms with Crippen molar-refractivity contribution in [3.8, 4) is 0 Å². The lowest BCUT2D eigenvalue weighted by Gasteiger charge is -2.30. The van der Waals surface area contributed by atoms with Crippen molar-refractivity contribution in [3.05, 3.63) is 31.6 Å². The van der Waals surface area contributed by atoms with Gasteiger partial charge in [-0.15, -0.1) is 0 Å². The van der Waals surface area contributed by atoms with Crippen molar-refractivity contribution in [2.75, 3.05) is 6.26 Å². The summed E-state index contributed by atoms with van der Waals surface area (Å²) < 4.78 is 1.20. The Balaban J connectivity index is 3.43. The molecule has 0 amide bonds. The molecule has 0 unspecified atom stereocenters. The third-order valence-electron chi connectivity index (χ3n) is 3.92. The molecule has 0 atom stereocenters. The second-order valence-corrected chi connectivity index (χ2v) is 6.95. The van der Waals surface area contributed by atoms with E-state index in [1.807, 2.05) is 20.1 Å². The molecule has 0 aliphatic heterocycles. The van der Waals surface area contributed by atoms with Gasteiger partial charge in [0, 0.05) is 11.3 Å². The van der Waals surface area contributed by atoms with Gasteiger partial charge in [0.25, 0.3) is 5.56 Å². The Morgan fingerprint density at radius 1 is 1.30 bits per heavy atom. The molecule has 1 N–H and O–H groups in total. The number of nitrogens with one attached hydrogen (secondary N) is 1. The molecule has 0 aromatic carbocycles. The molecule has 0 fully saturated rings.